The molecular formula is C20H24N2O7S. The molecule has 1 unspecified atom stereocenters. The van der Waals surface area contributed by atoms with Crippen molar-refractivity contribution in [3.05, 3.63) is 46.4 Å². The van der Waals surface area contributed by atoms with Crippen LogP contribution in [0.1, 0.15) is 16.7 Å². The number of fused-ring (bicyclic) bond motifs is 1. The zero-order valence-electron chi connectivity index (χ0n) is 16.3. The number of hydrogen-bond acceptors (Lipinski definition) is 9. The maximum absolute atomic E-state index is 10.2. The molecule has 0 spiro atoms. The molecule has 4 N–H and O–H groups in total. The second-order valence-corrected chi connectivity index (χ2v) is 8.34. The fourth-order valence-electron chi connectivity index (χ4n) is 3.43. The summed E-state index contributed by atoms with van der Waals surface area (Å²) in [5.41, 5.74) is 1.39. The summed E-state index contributed by atoms with van der Waals surface area (Å²) in [6, 6.07) is 9.46. The Morgan fingerprint density at radius 2 is 1.93 bits per heavy atom. The van der Waals surface area contributed by atoms with Crippen molar-refractivity contribution in [2.75, 3.05) is 6.61 Å². The van der Waals surface area contributed by atoms with Crippen molar-refractivity contribution >= 4 is 22.4 Å². The Bertz CT molecular complexity index is 991. The third-order valence-electron chi connectivity index (χ3n) is 5.08. The van der Waals surface area contributed by atoms with Crippen LogP contribution in [0.15, 0.2) is 36.7 Å². The van der Waals surface area contributed by atoms with Crippen molar-refractivity contribution in [1.29, 1.82) is 0 Å². The summed E-state index contributed by atoms with van der Waals surface area (Å²) >= 11 is 1.73. The number of imidazole rings is 1. The van der Waals surface area contributed by atoms with Gasteiger partial charge in [-0.15, -0.1) is 11.3 Å². The molecule has 0 aliphatic carbocycles. The number of aryl methyl sites for hydroxylation is 1. The first kappa shape index (κ1) is 21.2. The predicted octanol–water partition coefficient (Wildman–Crippen LogP) is 0.819. The normalized spacial score (nSPS) is 26.9. The Hall–Kier alpha value is -2.05. The third kappa shape index (κ3) is 4.08. The quantitative estimate of drug-likeness (QED) is 0.317. The minimum absolute atomic E-state index is 0.343. The van der Waals surface area contributed by atoms with Crippen molar-refractivity contribution in [3.8, 4) is 5.75 Å². The van der Waals surface area contributed by atoms with Gasteiger partial charge in [0.2, 0.25) is 0 Å². The number of thiophene rings is 1. The van der Waals surface area contributed by atoms with Crippen LogP contribution in [0.3, 0.4) is 0 Å². The van der Waals surface area contributed by atoms with Gasteiger partial charge in [-0.05, 0) is 30.7 Å². The van der Waals surface area contributed by atoms with E-state index >= 15 is 0 Å². The molecule has 4 rings (SSSR count). The molecule has 30 heavy (non-hydrogen) atoms. The first-order chi connectivity index (χ1) is 14.5. The highest BCUT2D eigenvalue weighted by molar-refractivity contribution is 7.11. The number of aliphatic hydroxyl groups excluding tert-OH is 4. The summed E-state index contributed by atoms with van der Waals surface area (Å²) in [7, 11) is 0. The topological polar surface area (TPSA) is 126 Å². The first-order valence-corrected chi connectivity index (χ1v) is 10.5. The van der Waals surface area contributed by atoms with Crippen LogP contribution in [-0.2, 0) is 22.6 Å². The van der Waals surface area contributed by atoms with Crippen LogP contribution in [0.5, 0.6) is 5.75 Å². The highest BCUT2D eigenvalue weighted by Crippen LogP contribution is 2.29. The van der Waals surface area contributed by atoms with Gasteiger partial charge in [-0.3, -0.25) is 0 Å². The number of ether oxygens (including phenoxy) is 1. The lowest BCUT2D eigenvalue weighted by Crippen LogP contribution is -2.59. The van der Waals surface area contributed by atoms with Crippen LogP contribution in [-0.4, -0.2) is 67.3 Å². The lowest BCUT2D eigenvalue weighted by molar-refractivity contribution is -0.364. The summed E-state index contributed by atoms with van der Waals surface area (Å²) in [6.07, 6.45) is -4.30. The minimum Gasteiger partial charge on any atom is -0.394 e. The number of rotatable bonds is 7. The summed E-state index contributed by atoms with van der Waals surface area (Å²) < 4.78 is 7.01. The molecule has 0 saturated carbocycles. The number of para-hydroxylation sites is 1. The van der Waals surface area contributed by atoms with Gasteiger partial charge < -0.3 is 34.6 Å². The average Bonchev–Trinajstić information content (AvgIpc) is 3.38. The zero-order valence-corrected chi connectivity index (χ0v) is 17.1. The Kier molecular flexibility index (Phi) is 6.34. The van der Waals surface area contributed by atoms with Gasteiger partial charge in [0.15, 0.2) is 18.1 Å². The van der Waals surface area contributed by atoms with Crippen LogP contribution in [0, 0.1) is 0 Å². The molecule has 2 aromatic heterocycles. The second kappa shape index (κ2) is 8.98. The maximum Gasteiger partial charge on any atom is 0.191 e. The lowest BCUT2D eigenvalue weighted by atomic mass is 9.99. The first-order valence-electron chi connectivity index (χ1n) is 9.67. The molecule has 1 aliphatic heterocycles. The fourth-order valence-corrected chi connectivity index (χ4v) is 4.39. The van der Waals surface area contributed by atoms with Gasteiger partial charge in [0, 0.05) is 9.75 Å². The van der Waals surface area contributed by atoms with Crippen molar-refractivity contribution in [3.63, 3.8) is 0 Å². The van der Waals surface area contributed by atoms with Gasteiger partial charge in [0.1, 0.15) is 23.8 Å². The maximum atomic E-state index is 10.2. The van der Waals surface area contributed by atoms with Crippen LogP contribution >= 0.6 is 11.3 Å². The van der Waals surface area contributed by atoms with E-state index in [4.69, 9.17) is 19.6 Å². The molecule has 1 aliphatic rings. The van der Waals surface area contributed by atoms with E-state index in [1.807, 2.05) is 10.6 Å². The Morgan fingerprint density at radius 1 is 1.13 bits per heavy atom. The number of aromatic nitrogens is 2. The smallest absolute Gasteiger partial charge is 0.191 e. The highest BCUT2D eigenvalue weighted by atomic mass is 32.1. The van der Waals surface area contributed by atoms with E-state index in [1.54, 1.807) is 29.8 Å². The third-order valence-corrected chi connectivity index (χ3v) is 6.30. The molecule has 9 nitrogen and oxygen atoms in total. The molecule has 1 fully saturated rings. The van der Waals surface area contributed by atoms with Crippen LogP contribution in [0.4, 0.5) is 0 Å². The lowest BCUT2D eigenvalue weighted by Gasteiger charge is -2.38. The summed E-state index contributed by atoms with van der Waals surface area (Å²) in [5, 5.41) is 39.4. The summed E-state index contributed by atoms with van der Waals surface area (Å²) in [4.78, 5) is 17.6. The van der Waals surface area contributed by atoms with Crippen molar-refractivity contribution in [2.45, 2.75) is 50.6 Å². The standard InChI is InChI=1S/C20H24N2O7S/c1-2-11-6-7-12(30-11)8-22-10-21-13-4-3-5-14(16(13)22)28-29-19-18(25)17(24)15(9-23)27-20(19)26/h3-7,10,15,17-20,23-26H,2,8-9H2,1H3/t15-,17-,18+,19-,20?/m1/s1. The van der Waals surface area contributed by atoms with Crippen LogP contribution in [0.2, 0.25) is 0 Å². The van der Waals surface area contributed by atoms with E-state index < -0.39 is 37.3 Å². The van der Waals surface area contributed by atoms with Gasteiger partial charge >= 0.3 is 0 Å². The van der Waals surface area contributed by atoms with Crippen molar-refractivity contribution in [2.24, 2.45) is 0 Å². The van der Waals surface area contributed by atoms with E-state index in [1.165, 1.54) is 9.75 Å². The Morgan fingerprint density at radius 3 is 2.67 bits per heavy atom. The van der Waals surface area contributed by atoms with Crippen molar-refractivity contribution in [1.82, 2.24) is 9.55 Å². The number of hydrogen-bond donors (Lipinski definition) is 4. The fraction of sp³-hybridized carbons (Fsp3) is 0.450. The Balaban J connectivity index is 1.53. The molecule has 1 saturated heterocycles. The van der Waals surface area contributed by atoms with Crippen LogP contribution in [0.25, 0.3) is 11.0 Å². The Labute approximate surface area is 176 Å². The second-order valence-electron chi connectivity index (χ2n) is 7.09. The molecule has 3 heterocycles. The van der Waals surface area contributed by atoms with E-state index in [0.717, 1.165) is 6.42 Å². The van der Waals surface area contributed by atoms with Gasteiger partial charge in [-0.25, -0.2) is 4.98 Å². The molecule has 10 heteroatoms. The van der Waals surface area contributed by atoms with Crippen molar-refractivity contribution < 1.29 is 34.9 Å². The molecular weight excluding hydrogens is 412 g/mol. The van der Waals surface area contributed by atoms with E-state index in [9.17, 15) is 15.3 Å². The van der Waals surface area contributed by atoms with E-state index in [0.29, 0.717) is 23.3 Å². The summed E-state index contributed by atoms with van der Waals surface area (Å²) in [5.74, 6) is 0.343. The van der Waals surface area contributed by atoms with Crippen LogP contribution < -0.4 is 4.89 Å². The molecule has 162 valence electrons. The molecule has 0 bridgehead atoms. The molecule has 3 aromatic rings. The highest BCUT2D eigenvalue weighted by Gasteiger charge is 2.45. The number of nitrogens with zero attached hydrogens (tertiary/aromatic N) is 2. The molecule has 1 aromatic carbocycles. The monoisotopic (exact) mass is 436 g/mol. The van der Waals surface area contributed by atoms with Gasteiger partial charge in [0.05, 0.1) is 25.0 Å². The SMILES string of the molecule is CCc1ccc(Cn2cnc3cccc(OO[C@H]4C(O)O[C@H](CO)[C@@H](O)[C@@H]4O)c32)s1. The van der Waals surface area contributed by atoms with E-state index in [2.05, 4.69) is 24.0 Å². The largest absolute Gasteiger partial charge is 0.394 e. The van der Waals surface area contributed by atoms with Gasteiger partial charge in [-0.1, -0.05) is 13.0 Å². The molecule has 0 radical (unpaired) electrons. The van der Waals surface area contributed by atoms with Gasteiger partial charge in [-0.2, -0.15) is 4.89 Å². The molecule has 5 atom stereocenters. The predicted molar refractivity (Wildman–Crippen MR) is 108 cm³/mol. The number of benzene rings is 1. The summed E-state index contributed by atoms with van der Waals surface area (Å²) in [6.45, 7) is 2.17. The average molecular weight is 436 g/mol. The van der Waals surface area contributed by atoms with Gasteiger partial charge in [0.25, 0.3) is 0 Å². The molecule has 0 amide bonds. The zero-order chi connectivity index (χ0) is 21.3. The number of aliphatic hydroxyl groups is 4. The minimum atomic E-state index is -1.58. The van der Waals surface area contributed by atoms with E-state index in [-0.39, 0.29) is 0 Å².